The zero-order valence-corrected chi connectivity index (χ0v) is 12.0. The maximum atomic E-state index is 9.00. The van der Waals surface area contributed by atoms with Gasteiger partial charge in [-0.3, -0.25) is 9.78 Å². The van der Waals surface area contributed by atoms with Gasteiger partial charge in [0.15, 0.2) is 0 Å². The Hall–Kier alpha value is -0.264. The molecule has 0 unspecified atom stereocenters. The average Bonchev–Trinajstić information content (AvgIpc) is 2.17. The molecule has 0 aliphatic rings. The number of rotatable bonds is 0. The van der Waals surface area contributed by atoms with E-state index in [4.69, 9.17) is 9.90 Å². The fourth-order valence-corrected chi connectivity index (χ4v) is 1.02. The summed E-state index contributed by atoms with van der Waals surface area (Å²) < 4.78 is 0. The average molecular weight is 229 g/mol. The number of carboxylic acids is 1. The molecule has 2 aromatic rings. The number of carbonyl (C=O) groups is 1. The van der Waals surface area contributed by atoms with E-state index in [2.05, 4.69) is 17.1 Å². The van der Waals surface area contributed by atoms with Crippen LogP contribution in [-0.4, -0.2) is 16.1 Å². The number of fused-ring (bicyclic) bond motifs is 1. The summed E-state index contributed by atoms with van der Waals surface area (Å²) in [5.41, 5.74) is 1.06. The number of para-hydroxylation sites is 1. The molecule has 4 heteroatoms. The predicted molar refractivity (Wildman–Crippen MR) is 56.2 cm³/mol. The Balaban J connectivity index is 0. The number of benzene rings is 1. The Bertz CT molecular complexity index is 368. The summed E-state index contributed by atoms with van der Waals surface area (Å²) in [6.07, 6.45) is 1.81. The van der Waals surface area contributed by atoms with Crippen molar-refractivity contribution in [1.82, 2.24) is 4.98 Å². The van der Waals surface area contributed by atoms with Crippen molar-refractivity contribution in [2.75, 3.05) is 0 Å². The smallest absolute Gasteiger partial charge is 1.00 e. The molecule has 0 radical (unpaired) electrons. The molecule has 1 aromatic carbocycles. The summed E-state index contributed by atoms with van der Waals surface area (Å²) in [6.45, 7) is 1.08. The summed E-state index contributed by atoms with van der Waals surface area (Å²) in [5, 5.41) is 8.62. The van der Waals surface area contributed by atoms with Crippen molar-refractivity contribution in [1.29, 1.82) is 0 Å². The Kier molecular flexibility index (Phi) is 7.82. The molecule has 0 atom stereocenters. The van der Waals surface area contributed by atoms with Crippen molar-refractivity contribution in [2.45, 2.75) is 6.92 Å². The number of pyridine rings is 1. The van der Waals surface area contributed by atoms with Crippen molar-refractivity contribution in [2.24, 2.45) is 0 Å². The van der Waals surface area contributed by atoms with E-state index < -0.39 is 5.97 Å². The monoisotopic (exact) mass is 229 g/mol. The van der Waals surface area contributed by atoms with Crippen LogP contribution in [0.1, 0.15) is 8.35 Å². The molecule has 3 nitrogen and oxygen atoms in total. The molecule has 15 heavy (non-hydrogen) atoms. The van der Waals surface area contributed by atoms with Crippen LogP contribution in [0.4, 0.5) is 0 Å². The summed E-state index contributed by atoms with van der Waals surface area (Å²) in [5.74, 6) is -0.833. The molecular weight excluding hydrogens is 217 g/mol. The van der Waals surface area contributed by atoms with Crippen LogP contribution in [0.2, 0.25) is 0 Å². The first-order chi connectivity index (χ1) is 6.70. The third-order valence-corrected chi connectivity index (χ3v) is 1.51. The van der Waals surface area contributed by atoms with Crippen LogP contribution < -0.4 is 51.4 Å². The first-order valence-corrected chi connectivity index (χ1v) is 4.19. The molecule has 74 valence electrons. The molecular formula is C11H12KNO2. The van der Waals surface area contributed by atoms with E-state index in [-0.39, 0.29) is 52.8 Å². The summed E-state index contributed by atoms with van der Waals surface area (Å²) in [6, 6.07) is 12.1. The largest absolute Gasteiger partial charge is 1.00 e. The van der Waals surface area contributed by atoms with E-state index in [1.165, 1.54) is 5.39 Å². The van der Waals surface area contributed by atoms with Crippen molar-refractivity contribution in [3.63, 3.8) is 0 Å². The van der Waals surface area contributed by atoms with Crippen molar-refractivity contribution in [3.05, 3.63) is 42.6 Å². The molecule has 0 aliphatic carbocycles. The first kappa shape index (κ1) is 14.7. The molecule has 0 saturated carbocycles. The van der Waals surface area contributed by atoms with Gasteiger partial charge in [-0.2, -0.15) is 0 Å². The van der Waals surface area contributed by atoms with Gasteiger partial charge < -0.3 is 6.53 Å². The van der Waals surface area contributed by atoms with Crippen LogP contribution >= 0.6 is 0 Å². The number of aliphatic carboxylic acids is 1. The fraction of sp³-hybridized carbons (Fsp3) is 0.0909. The van der Waals surface area contributed by atoms with Crippen molar-refractivity contribution in [3.8, 4) is 0 Å². The summed E-state index contributed by atoms with van der Waals surface area (Å²) >= 11 is 0. The van der Waals surface area contributed by atoms with E-state index in [1.807, 2.05) is 30.5 Å². The number of carboxylic acid groups (broad SMARTS) is 1. The number of aromatic nitrogens is 1. The van der Waals surface area contributed by atoms with E-state index in [1.54, 1.807) is 0 Å². The number of hydrogen-bond acceptors (Lipinski definition) is 2. The van der Waals surface area contributed by atoms with E-state index >= 15 is 0 Å². The normalized spacial score (nSPS) is 8.33. The molecule has 1 N–H and O–H groups in total. The predicted octanol–water partition coefficient (Wildman–Crippen LogP) is -0.558. The quantitative estimate of drug-likeness (QED) is 0.616. The van der Waals surface area contributed by atoms with Gasteiger partial charge in [0.05, 0.1) is 5.52 Å². The van der Waals surface area contributed by atoms with E-state index in [9.17, 15) is 0 Å². The number of hydrogen-bond donors (Lipinski definition) is 1. The second kappa shape index (κ2) is 7.96. The summed E-state index contributed by atoms with van der Waals surface area (Å²) in [4.78, 5) is 13.2. The van der Waals surface area contributed by atoms with Gasteiger partial charge in [0.25, 0.3) is 5.97 Å². The second-order valence-corrected chi connectivity index (χ2v) is 2.72. The Morgan fingerprint density at radius 3 is 2.40 bits per heavy atom. The van der Waals surface area contributed by atoms with Gasteiger partial charge in [-0.1, -0.05) is 24.3 Å². The van der Waals surface area contributed by atoms with Crippen LogP contribution in [0.15, 0.2) is 42.6 Å². The van der Waals surface area contributed by atoms with E-state index in [0.29, 0.717) is 0 Å². The topological polar surface area (TPSA) is 50.2 Å². The van der Waals surface area contributed by atoms with Gasteiger partial charge in [0.1, 0.15) is 0 Å². The Morgan fingerprint density at radius 1 is 1.27 bits per heavy atom. The van der Waals surface area contributed by atoms with Crippen molar-refractivity contribution < 1.29 is 62.7 Å². The zero-order chi connectivity index (χ0) is 10.4. The summed E-state index contributed by atoms with van der Waals surface area (Å²) in [7, 11) is 0. The minimum absolute atomic E-state index is 0. The molecule has 0 amide bonds. The van der Waals surface area contributed by atoms with Crippen LogP contribution in [0, 0.1) is 0 Å². The standard InChI is InChI=1S/C9H7N.C2H4O2.K.H/c1-2-6-9-8(4-1)5-3-7-10-9;1-2(3)4;;/h1-7H;1H3,(H,3,4);;/q;;+1;-1. The molecule has 1 aromatic heterocycles. The van der Waals surface area contributed by atoms with Gasteiger partial charge in [0.2, 0.25) is 0 Å². The Morgan fingerprint density at radius 2 is 1.80 bits per heavy atom. The van der Waals surface area contributed by atoms with E-state index in [0.717, 1.165) is 12.4 Å². The van der Waals surface area contributed by atoms with Crippen molar-refractivity contribution >= 4 is 16.9 Å². The van der Waals surface area contributed by atoms with Gasteiger partial charge in [-0.15, -0.1) is 0 Å². The fourth-order valence-electron chi connectivity index (χ4n) is 1.02. The minimum atomic E-state index is -0.833. The van der Waals surface area contributed by atoms with Crippen LogP contribution in [0.3, 0.4) is 0 Å². The molecule has 2 rings (SSSR count). The zero-order valence-electron chi connectivity index (χ0n) is 9.84. The molecule has 1 heterocycles. The van der Waals surface area contributed by atoms with Gasteiger partial charge in [-0.05, 0) is 12.1 Å². The third-order valence-electron chi connectivity index (χ3n) is 1.51. The van der Waals surface area contributed by atoms with Gasteiger partial charge in [0, 0.05) is 18.5 Å². The van der Waals surface area contributed by atoms with Crippen LogP contribution in [0.25, 0.3) is 10.9 Å². The molecule has 0 fully saturated rings. The van der Waals surface area contributed by atoms with Gasteiger partial charge in [-0.25, -0.2) is 0 Å². The molecule has 0 spiro atoms. The molecule has 0 saturated heterocycles. The SMILES string of the molecule is CC(=O)O.[H-].[K+].c1ccc2ncccc2c1. The Labute approximate surface area is 132 Å². The number of nitrogens with zero attached hydrogens (tertiary/aromatic N) is 1. The van der Waals surface area contributed by atoms with Crippen LogP contribution in [0.5, 0.6) is 0 Å². The minimum Gasteiger partial charge on any atom is -1.00 e. The third kappa shape index (κ3) is 6.01. The molecule has 0 aliphatic heterocycles. The maximum absolute atomic E-state index is 9.00. The maximum Gasteiger partial charge on any atom is 1.00 e. The van der Waals surface area contributed by atoms with Crippen LogP contribution in [-0.2, 0) is 4.79 Å². The first-order valence-electron chi connectivity index (χ1n) is 4.19. The van der Waals surface area contributed by atoms with Gasteiger partial charge >= 0.3 is 51.4 Å². The molecule has 0 bridgehead atoms. The second-order valence-electron chi connectivity index (χ2n) is 2.72.